The molecule has 0 spiro atoms. The van der Waals surface area contributed by atoms with Crippen LogP contribution in [0.4, 0.5) is 5.82 Å². The molecule has 0 saturated carbocycles. The van der Waals surface area contributed by atoms with E-state index in [0.717, 1.165) is 21.0 Å². The highest BCUT2D eigenvalue weighted by Crippen LogP contribution is 2.31. The molecule has 2 rings (SSSR count). The Bertz CT molecular complexity index is 985. The second-order valence-electron chi connectivity index (χ2n) is 5.85. The van der Waals surface area contributed by atoms with Gasteiger partial charge in [-0.1, -0.05) is 12.1 Å². The minimum atomic E-state index is 0.347. The number of nitrogens with zero attached hydrogens (tertiary/aromatic N) is 3. The van der Waals surface area contributed by atoms with Crippen LogP contribution in [0, 0.1) is 5.41 Å². The molecule has 0 aliphatic rings. The number of ether oxygens (including phenoxy) is 1. The first-order valence-corrected chi connectivity index (χ1v) is 10.3. The van der Waals surface area contributed by atoms with Crippen molar-refractivity contribution in [3.8, 4) is 5.88 Å². The highest BCUT2D eigenvalue weighted by molar-refractivity contribution is 7.25. The summed E-state index contributed by atoms with van der Waals surface area (Å²) in [4.78, 5) is 20.2. The van der Waals surface area contributed by atoms with E-state index in [1.54, 1.807) is 26.6 Å². The van der Waals surface area contributed by atoms with Crippen LogP contribution in [0.25, 0.3) is 5.57 Å². The molecule has 11 heteroatoms. The molecule has 0 fully saturated rings. The zero-order valence-electron chi connectivity index (χ0n) is 16.7. The first-order valence-electron chi connectivity index (χ1n) is 8.87. The molecule has 158 valence electrons. The van der Waals surface area contributed by atoms with Gasteiger partial charge in [0.15, 0.2) is 0 Å². The SMILES string of the molecule is CNc1nc(CC(=N)/C(P)=C\N)sc1C(/C=N\NC=O)=C/Cc1cccnc1OC. The molecule has 0 aliphatic heterocycles. The average Bonchev–Trinajstić information content (AvgIpc) is 3.18. The van der Waals surface area contributed by atoms with Gasteiger partial charge in [0.1, 0.15) is 10.8 Å². The molecule has 5 N–H and O–H groups in total. The van der Waals surface area contributed by atoms with Crippen LogP contribution >= 0.6 is 20.6 Å². The smallest absolute Gasteiger partial charge is 0.227 e. The second-order valence-corrected chi connectivity index (χ2v) is 7.56. The van der Waals surface area contributed by atoms with Gasteiger partial charge in [-0.25, -0.2) is 15.4 Å². The Kier molecular flexibility index (Phi) is 9.11. The highest BCUT2D eigenvalue weighted by Gasteiger charge is 2.15. The Morgan fingerprint density at radius 1 is 1.50 bits per heavy atom. The summed E-state index contributed by atoms with van der Waals surface area (Å²) in [6.45, 7) is 0. The van der Waals surface area contributed by atoms with Crippen molar-refractivity contribution in [1.82, 2.24) is 15.4 Å². The van der Waals surface area contributed by atoms with Gasteiger partial charge < -0.3 is 21.2 Å². The third kappa shape index (κ3) is 6.20. The number of methoxy groups -OCH3 is 1. The number of allylic oxidation sites excluding steroid dienone is 3. The number of nitrogens with two attached hydrogens (primary N) is 1. The van der Waals surface area contributed by atoms with Gasteiger partial charge in [-0.05, 0) is 12.5 Å². The molecule has 9 nitrogen and oxygen atoms in total. The van der Waals surface area contributed by atoms with Crippen molar-refractivity contribution >= 4 is 50.3 Å². The number of thiazole rings is 1. The molecule has 0 aromatic carbocycles. The molecular formula is C19H24N7O2PS. The molecule has 1 atom stereocenters. The van der Waals surface area contributed by atoms with Crippen molar-refractivity contribution in [2.45, 2.75) is 12.8 Å². The number of carbonyl (C=O) groups excluding carboxylic acids is 1. The summed E-state index contributed by atoms with van der Waals surface area (Å²) in [7, 11) is 5.79. The van der Waals surface area contributed by atoms with E-state index in [2.05, 4.69) is 35.1 Å². The molecule has 0 bridgehead atoms. The summed E-state index contributed by atoms with van der Waals surface area (Å²) in [5.41, 5.74) is 9.81. The molecular weight excluding hydrogens is 421 g/mol. The lowest BCUT2D eigenvalue weighted by Gasteiger charge is -2.06. The first-order chi connectivity index (χ1) is 14.5. The maximum absolute atomic E-state index is 10.6. The quantitative estimate of drug-likeness (QED) is 0.181. The minimum Gasteiger partial charge on any atom is -0.481 e. The van der Waals surface area contributed by atoms with Crippen LogP contribution in [0.15, 0.2) is 41.0 Å². The van der Waals surface area contributed by atoms with Crippen LogP contribution in [0.1, 0.15) is 15.4 Å². The Labute approximate surface area is 181 Å². The van der Waals surface area contributed by atoms with Crippen molar-refractivity contribution in [1.29, 1.82) is 5.41 Å². The van der Waals surface area contributed by atoms with E-state index >= 15 is 0 Å². The van der Waals surface area contributed by atoms with E-state index in [1.165, 1.54) is 17.5 Å². The zero-order valence-corrected chi connectivity index (χ0v) is 18.6. The lowest BCUT2D eigenvalue weighted by Crippen LogP contribution is -2.03. The Morgan fingerprint density at radius 2 is 2.30 bits per heavy atom. The number of hydrogen-bond acceptors (Lipinski definition) is 9. The van der Waals surface area contributed by atoms with Crippen LogP contribution in [-0.2, 0) is 17.6 Å². The van der Waals surface area contributed by atoms with E-state index in [-0.39, 0.29) is 0 Å². The highest BCUT2D eigenvalue weighted by atomic mass is 32.1. The summed E-state index contributed by atoms with van der Waals surface area (Å²) < 4.78 is 5.31. The molecule has 0 aliphatic carbocycles. The van der Waals surface area contributed by atoms with Crippen molar-refractivity contribution in [3.63, 3.8) is 0 Å². The van der Waals surface area contributed by atoms with E-state index in [9.17, 15) is 4.79 Å². The number of anilines is 1. The largest absolute Gasteiger partial charge is 0.481 e. The predicted molar refractivity (Wildman–Crippen MR) is 125 cm³/mol. The monoisotopic (exact) mass is 445 g/mol. The Morgan fingerprint density at radius 3 is 2.97 bits per heavy atom. The number of carbonyl (C=O) groups is 1. The van der Waals surface area contributed by atoms with E-state index in [0.29, 0.717) is 42.0 Å². The van der Waals surface area contributed by atoms with Gasteiger partial charge >= 0.3 is 0 Å². The Hall–Kier alpha value is -3.10. The molecule has 2 aromatic heterocycles. The van der Waals surface area contributed by atoms with E-state index in [1.807, 2.05) is 18.2 Å². The maximum atomic E-state index is 10.6. The molecule has 0 radical (unpaired) electrons. The number of amides is 1. The number of pyridine rings is 1. The fraction of sp³-hybridized carbons (Fsp3) is 0.211. The van der Waals surface area contributed by atoms with Crippen LogP contribution < -0.4 is 21.2 Å². The predicted octanol–water partition coefficient (Wildman–Crippen LogP) is 2.18. The number of nitrogens with one attached hydrogen (secondary N) is 3. The lowest BCUT2D eigenvalue weighted by molar-refractivity contribution is -0.109. The van der Waals surface area contributed by atoms with Gasteiger partial charge in [-0.15, -0.1) is 20.6 Å². The summed E-state index contributed by atoms with van der Waals surface area (Å²) in [5, 5.41) is 16.5. The molecule has 30 heavy (non-hydrogen) atoms. The maximum Gasteiger partial charge on any atom is 0.227 e. The van der Waals surface area contributed by atoms with Gasteiger partial charge in [-0.2, -0.15) is 5.10 Å². The minimum absolute atomic E-state index is 0.347. The van der Waals surface area contributed by atoms with Gasteiger partial charge in [0.2, 0.25) is 12.3 Å². The fourth-order valence-corrected chi connectivity index (χ4v) is 3.67. The van der Waals surface area contributed by atoms with Crippen LogP contribution in [-0.4, -0.2) is 42.5 Å². The third-order valence-corrected chi connectivity index (χ3v) is 5.59. The van der Waals surface area contributed by atoms with Crippen molar-refractivity contribution < 1.29 is 9.53 Å². The normalized spacial score (nSPS) is 12.1. The molecule has 2 aromatic rings. The number of rotatable bonds is 11. The number of aromatic nitrogens is 2. The van der Waals surface area contributed by atoms with E-state index < -0.39 is 0 Å². The second kappa shape index (κ2) is 11.8. The van der Waals surface area contributed by atoms with Crippen molar-refractivity contribution in [2.75, 3.05) is 19.5 Å². The first kappa shape index (κ1) is 23.2. The molecule has 1 unspecified atom stereocenters. The average molecular weight is 445 g/mol. The Balaban J connectivity index is 2.40. The van der Waals surface area contributed by atoms with Crippen LogP contribution in [0.2, 0.25) is 0 Å². The summed E-state index contributed by atoms with van der Waals surface area (Å²) in [5.74, 6) is 1.21. The summed E-state index contributed by atoms with van der Waals surface area (Å²) in [6, 6.07) is 3.77. The van der Waals surface area contributed by atoms with Crippen LogP contribution in [0.5, 0.6) is 5.88 Å². The number of hydrazone groups is 1. The third-order valence-electron chi connectivity index (χ3n) is 3.94. The lowest BCUT2D eigenvalue weighted by atomic mass is 10.1. The van der Waals surface area contributed by atoms with E-state index in [4.69, 9.17) is 15.9 Å². The topological polar surface area (TPSA) is 138 Å². The van der Waals surface area contributed by atoms with Crippen molar-refractivity contribution in [3.05, 3.63) is 51.4 Å². The summed E-state index contributed by atoms with van der Waals surface area (Å²) in [6.07, 6.45) is 7.95. The van der Waals surface area contributed by atoms with Gasteiger partial charge in [0.05, 0.1) is 18.2 Å². The van der Waals surface area contributed by atoms with Gasteiger partial charge in [-0.3, -0.25) is 4.79 Å². The standard InChI is InChI=1S/C19H24N7O2PS/c1-22-18-17(30-16(26-18)8-14(21)15(29)9-20)13(10-24-25-11-27)6-5-12-4-3-7-23-19(12)28-2/h3-4,6-7,9-11,21-22H,5,8,20,29H2,1-2H3,(H,25,27)/b13-6+,15-9+,21-14?,24-10-. The van der Waals surface area contributed by atoms with Gasteiger partial charge in [0.25, 0.3) is 0 Å². The summed E-state index contributed by atoms with van der Waals surface area (Å²) >= 11 is 1.44. The molecule has 1 amide bonds. The molecule has 2 heterocycles. The number of hydrogen-bond donors (Lipinski definition) is 4. The molecule has 0 saturated heterocycles. The fourth-order valence-electron chi connectivity index (χ4n) is 2.48. The van der Waals surface area contributed by atoms with Gasteiger partial charge in [0, 0.05) is 48.0 Å². The van der Waals surface area contributed by atoms with Crippen LogP contribution in [0.3, 0.4) is 0 Å². The van der Waals surface area contributed by atoms with Crippen molar-refractivity contribution in [2.24, 2.45) is 10.8 Å². The zero-order chi connectivity index (χ0) is 21.9.